The van der Waals surface area contributed by atoms with Crippen molar-refractivity contribution in [1.29, 1.82) is 0 Å². The lowest BCUT2D eigenvalue weighted by Crippen LogP contribution is -2.52. The SMILES string of the molecule is CCOc1c(C)cc([SiH](c2ccccc2)c2ccccc2)cc1C. The van der Waals surface area contributed by atoms with Gasteiger partial charge in [-0.15, -0.1) is 0 Å². The van der Waals surface area contributed by atoms with Crippen molar-refractivity contribution in [2.45, 2.75) is 20.8 Å². The van der Waals surface area contributed by atoms with Crippen LogP contribution in [0.25, 0.3) is 0 Å². The Morgan fingerprint density at radius 1 is 0.708 bits per heavy atom. The van der Waals surface area contributed by atoms with E-state index in [2.05, 4.69) is 86.6 Å². The number of hydrogen-bond donors (Lipinski definition) is 0. The quantitative estimate of drug-likeness (QED) is 0.516. The van der Waals surface area contributed by atoms with Gasteiger partial charge in [0.05, 0.1) is 6.61 Å². The van der Waals surface area contributed by atoms with E-state index in [1.54, 1.807) is 0 Å². The van der Waals surface area contributed by atoms with Gasteiger partial charge in [0.25, 0.3) is 0 Å². The van der Waals surface area contributed by atoms with E-state index in [1.807, 2.05) is 6.92 Å². The van der Waals surface area contributed by atoms with Crippen LogP contribution in [0.1, 0.15) is 18.1 Å². The number of hydrogen-bond acceptors (Lipinski definition) is 1. The highest BCUT2D eigenvalue weighted by Crippen LogP contribution is 2.21. The van der Waals surface area contributed by atoms with Crippen molar-refractivity contribution in [3.63, 3.8) is 0 Å². The molecule has 3 aromatic carbocycles. The van der Waals surface area contributed by atoms with Crippen LogP contribution in [0.2, 0.25) is 0 Å². The van der Waals surface area contributed by atoms with Gasteiger partial charge in [0.2, 0.25) is 0 Å². The molecule has 24 heavy (non-hydrogen) atoms. The summed E-state index contributed by atoms with van der Waals surface area (Å²) in [6.07, 6.45) is 0. The number of ether oxygens (including phenoxy) is 1. The highest BCUT2D eigenvalue weighted by molar-refractivity contribution is 6.95. The maximum atomic E-state index is 5.83. The largest absolute Gasteiger partial charge is 0.493 e. The molecule has 0 spiro atoms. The molecule has 3 aromatic rings. The van der Waals surface area contributed by atoms with Gasteiger partial charge in [0.1, 0.15) is 14.5 Å². The molecule has 3 rings (SSSR count). The summed E-state index contributed by atoms with van der Waals surface area (Å²) in [6, 6.07) is 26.5. The van der Waals surface area contributed by atoms with Crippen molar-refractivity contribution in [2.75, 3.05) is 6.61 Å². The molecule has 0 aromatic heterocycles. The molecule has 0 atom stereocenters. The molecule has 0 saturated heterocycles. The Morgan fingerprint density at radius 2 is 1.17 bits per heavy atom. The van der Waals surface area contributed by atoms with Crippen molar-refractivity contribution in [3.8, 4) is 5.75 Å². The van der Waals surface area contributed by atoms with Crippen LogP contribution in [-0.2, 0) is 0 Å². The minimum atomic E-state index is -1.46. The van der Waals surface area contributed by atoms with Crippen molar-refractivity contribution in [1.82, 2.24) is 0 Å². The smallest absolute Gasteiger partial charge is 0.133 e. The van der Waals surface area contributed by atoms with Crippen LogP contribution in [0.5, 0.6) is 5.75 Å². The summed E-state index contributed by atoms with van der Waals surface area (Å²) in [4.78, 5) is 0. The van der Waals surface area contributed by atoms with Gasteiger partial charge in [0, 0.05) is 0 Å². The predicted molar refractivity (Wildman–Crippen MR) is 106 cm³/mol. The van der Waals surface area contributed by atoms with Crippen LogP contribution in [-0.4, -0.2) is 15.4 Å². The molecule has 0 heterocycles. The third-order valence-electron chi connectivity index (χ3n) is 4.37. The summed E-state index contributed by atoms with van der Waals surface area (Å²) in [5.41, 5.74) is 2.47. The molecule has 2 heteroatoms. The number of benzene rings is 3. The van der Waals surface area contributed by atoms with Gasteiger partial charge >= 0.3 is 0 Å². The molecular formula is C22H24OSi. The minimum Gasteiger partial charge on any atom is -0.493 e. The van der Waals surface area contributed by atoms with Crippen molar-refractivity contribution < 1.29 is 4.74 Å². The van der Waals surface area contributed by atoms with Crippen LogP contribution in [0.3, 0.4) is 0 Å². The Kier molecular flexibility index (Phi) is 5.16. The van der Waals surface area contributed by atoms with Crippen LogP contribution < -0.4 is 20.3 Å². The maximum Gasteiger partial charge on any atom is 0.133 e. The minimum absolute atomic E-state index is 0.708. The van der Waals surface area contributed by atoms with Crippen LogP contribution in [0.15, 0.2) is 72.8 Å². The Labute approximate surface area is 146 Å². The maximum absolute atomic E-state index is 5.83. The molecule has 0 aliphatic carbocycles. The van der Waals surface area contributed by atoms with E-state index in [0.717, 1.165) is 5.75 Å². The summed E-state index contributed by atoms with van der Waals surface area (Å²) in [5, 5.41) is 4.35. The van der Waals surface area contributed by atoms with Crippen LogP contribution >= 0.6 is 0 Å². The van der Waals surface area contributed by atoms with E-state index < -0.39 is 8.80 Å². The summed E-state index contributed by atoms with van der Waals surface area (Å²) in [6.45, 7) is 7.06. The second kappa shape index (κ2) is 7.50. The van der Waals surface area contributed by atoms with Crippen LogP contribution in [0, 0.1) is 13.8 Å². The molecule has 0 N–H and O–H groups in total. The van der Waals surface area contributed by atoms with Crippen molar-refractivity contribution in [2.24, 2.45) is 0 Å². The fourth-order valence-corrected chi connectivity index (χ4v) is 6.59. The van der Waals surface area contributed by atoms with Gasteiger partial charge in [-0.3, -0.25) is 0 Å². The Hall–Kier alpha value is -2.32. The monoisotopic (exact) mass is 332 g/mol. The summed E-state index contributed by atoms with van der Waals surface area (Å²) < 4.78 is 5.83. The lowest BCUT2D eigenvalue weighted by Gasteiger charge is -2.20. The molecular weight excluding hydrogens is 308 g/mol. The van der Waals surface area contributed by atoms with Crippen molar-refractivity contribution in [3.05, 3.63) is 83.9 Å². The Bertz CT molecular complexity index is 734. The fourth-order valence-electron chi connectivity index (χ4n) is 3.39. The lowest BCUT2D eigenvalue weighted by molar-refractivity contribution is 0.335. The van der Waals surface area contributed by atoms with Gasteiger partial charge in [-0.1, -0.05) is 88.4 Å². The predicted octanol–water partition coefficient (Wildman–Crippen LogP) is 2.95. The highest BCUT2D eigenvalue weighted by atomic mass is 28.3. The first-order valence-corrected chi connectivity index (χ1v) is 10.3. The zero-order chi connectivity index (χ0) is 16.9. The molecule has 0 radical (unpaired) electrons. The van der Waals surface area contributed by atoms with E-state index in [4.69, 9.17) is 4.74 Å². The molecule has 122 valence electrons. The zero-order valence-electron chi connectivity index (χ0n) is 14.6. The molecule has 0 aliphatic heterocycles. The standard InChI is InChI=1S/C22H24OSi/c1-4-23-22-17(2)15-21(16-18(22)3)24(19-11-7-5-8-12-19)20-13-9-6-10-14-20/h5-16,24H,4H2,1-3H3. The van der Waals surface area contributed by atoms with Gasteiger partial charge in [-0.05, 0) is 31.9 Å². The normalized spacial score (nSPS) is 10.8. The molecule has 0 unspecified atom stereocenters. The van der Waals surface area contributed by atoms with E-state index in [1.165, 1.54) is 26.7 Å². The van der Waals surface area contributed by atoms with E-state index >= 15 is 0 Å². The first kappa shape index (κ1) is 16.5. The van der Waals surface area contributed by atoms with E-state index in [9.17, 15) is 0 Å². The Balaban J connectivity index is 2.13. The average Bonchev–Trinajstić information content (AvgIpc) is 2.60. The summed E-state index contributed by atoms with van der Waals surface area (Å²) in [5.74, 6) is 1.04. The first-order valence-electron chi connectivity index (χ1n) is 8.54. The topological polar surface area (TPSA) is 9.23 Å². The average molecular weight is 333 g/mol. The molecule has 0 bridgehead atoms. The molecule has 0 saturated carbocycles. The zero-order valence-corrected chi connectivity index (χ0v) is 15.8. The second-order valence-corrected chi connectivity index (χ2v) is 9.04. The molecule has 1 nitrogen and oxygen atoms in total. The number of rotatable bonds is 5. The summed E-state index contributed by atoms with van der Waals surface area (Å²) in [7, 11) is -1.46. The van der Waals surface area contributed by atoms with Gasteiger partial charge < -0.3 is 4.74 Å². The van der Waals surface area contributed by atoms with Crippen LogP contribution in [0.4, 0.5) is 0 Å². The Morgan fingerprint density at radius 3 is 1.58 bits per heavy atom. The van der Waals surface area contributed by atoms with Gasteiger partial charge in [-0.2, -0.15) is 0 Å². The van der Waals surface area contributed by atoms with Gasteiger partial charge in [0.15, 0.2) is 0 Å². The molecule has 0 aliphatic rings. The van der Waals surface area contributed by atoms with E-state index in [-0.39, 0.29) is 0 Å². The molecule has 0 fully saturated rings. The fraction of sp³-hybridized carbons (Fsp3) is 0.182. The second-order valence-electron chi connectivity index (χ2n) is 6.17. The lowest BCUT2D eigenvalue weighted by atomic mass is 10.1. The van der Waals surface area contributed by atoms with E-state index in [0.29, 0.717) is 6.61 Å². The highest BCUT2D eigenvalue weighted by Gasteiger charge is 2.20. The number of aryl methyl sites for hydroxylation is 2. The third kappa shape index (κ3) is 3.44. The molecule has 0 amide bonds. The van der Waals surface area contributed by atoms with Gasteiger partial charge in [-0.25, -0.2) is 0 Å². The third-order valence-corrected chi connectivity index (χ3v) is 7.47. The van der Waals surface area contributed by atoms with Crippen molar-refractivity contribution >= 4 is 24.4 Å². The first-order chi connectivity index (χ1) is 11.7. The summed E-state index contributed by atoms with van der Waals surface area (Å²) >= 11 is 0.